The molecule has 0 heterocycles. The van der Waals surface area contributed by atoms with Gasteiger partial charge in [0, 0.05) is 5.41 Å². The number of allylic oxidation sites excluding steroid dienone is 3. The molecule has 4 unspecified atom stereocenters. The first kappa shape index (κ1) is 22.0. The van der Waals surface area contributed by atoms with Crippen LogP contribution in [0.4, 0.5) is 0 Å². The van der Waals surface area contributed by atoms with Crippen molar-refractivity contribution in [1.82, 2.24) is 0 Å². The Morgan fingerprint density at radius 1 is 1.13 bits per heavy atom. The fourth-order valence-electron chi connectivity index (χ4n) is 8.84. The molecule has 0 bridgehead atoms. The van der Waals surface area contributed by atoms with E-state index in [2.05, 4.69) is 57.3 Å². The number of nitroso groups, excluding NO2 is 1. The summed E-state index contributed by atoms with van der Waals surface area (Å²) in [4.78, 5) is 12.3. The molecule has 4 aliphatic rings. The van der Waals surface area contributed by atoms with Crippen LogP contribution in [0.5, 0.6) is 0 Å². The van der Waals surface area contributed by atoms with Crippen molar-refractivity contribution in [2.24, 2.45) is 45.1 Å². The Labute approximate surface area is 183 Å². The van der Waals surface area contributed by atoms with Gasteiger partial charge in [0.1, 0.15) is 6.04 Å². The van der Waals surface area contributed by atoms with E-state index in [9.17, 15) is 10.0 Å². The number of nitrogens with zero attached hydrogens (tertiary/aromatic N) is 1. The molecule has 0 aromatic rings. The number of aliphatic hydroxyl groups excluding tert-OH is 1. The number of hydrogen-bond donors (Lipinski definition) is 1. The van der Waals surface area contributed by atoms with E-state index in [0.717, 1.165) is 44.9 Å². The van der Waals surface area contributed by atoms with Crippen LogP contribution >= 0.6 is 0 Å². The molecule has 9 atom stereocenters. The maximum Gasteiger partial charge on any atom is 0.102 e. The lowest BCUT2D eigenvalue weighted by molar-refractivity contribution is -0.153. The molecular weight excluding hydrogens is 370 g/mol. The lowest BCUT2D eigenvalue weighted by Gasteiger charge is -2.65. The molecule has 3 nitrogen and oxygen atoms in total. The first-order valence-electron chi connectivity index (χ1n) is 12.3. The second-order valence-corrected chi connectivity index (χ2v) is 11.2. The first-order valence-corrected chi connectivity index (χ1v) is 12.3. The zero-order chi connectivity index (χ0) is 21.7. The zero-order valence-corrected chi connectivity index (χ0v) is 19.3. The minimum Gasteiger partial charge on any atom is -0.393 e. The van der Waals surface area contributed by atoms with Crippen LogP contribution in [0.2, 0.25) is 0 Å². The standard InChI is InChI=1S/C27H41NO2/c1-6-18(4)15-19-9-10-22-21-12-13-25(5)17-20(29)11-14-26(25,7-2)23(21)16-24(28-30)27(19,22)8-3/h7-8,15,19-24,29H,2-3,6,9-14,16-17H2,1,4-5H3/b18-15-/t19-,20-,21?,22?,23?,24?,25-,26-,27-/m1/s1. The van der Waals surface area contributed by atoms with Gasteiger partial charge in [-0.1, -0.05) is 42.8 Å². The molecule has 1 N–H and O–H groups in total. The highest BCUT2D eigenvalue weighted by Gasteiger charge is 2.67. The molecule has 30 heavy (non-hydrogen) atoms. The Bertz CT molecular complexity index is 743. The van der Waals surface area contributed by atoms with Gasteiger partial charge in [-0.25, -0.2) is 0 Å². The Balaban J connectivity index is 1.78. The monoisotopic (exact) mass is 411 g/mol. The van der Waals surface area contributed by atoms with Gasteiger partial charge < -0.3 is 5.11 Å². The Kier molecular flexibility index (Phi) is 5.66. The van der Waals surface area contributed by atoms with E-state index in [4.69, 9.17) is 0 Å². The Morgan fingerprint density at radius 2 is 1.90 bits per heavy atom. The van der Waals surface area contributed by atoms with Crippen LogP contribution in [0.3, 0.4) is 0 Å². The fourth-order valence-corrected chi connectivity index (χ4v) is 8.84. The summed E-state index contributed by atoms with van der Waals surface area (Å²) in [6.45, 7) is 15.4. The van der Waals surface area contributed by atoms with Crippen LogP contribution in [-0.4, -0.2) is 17.3 Å². The molecule has 0 radical (unpaired) electrons. The molecule has 4 rings (SSSR count). The average molecular weight is 412 g/mol. The molecule has 3 heteroatoms. The average Bonchev–Trinajstić information content (AvgIpc) is 3.11. The smallest absolute Gasteiger partial charge is 0.102 e. The molecular formula is C27H41NO2. The van der Waals surface area contributed by atoms with E-state index in [1.807, 2.05) is 0 Å². The van der Waals surface area contributed by atoms with Gasteiger partial charge in [0.2, 0.25) is 0 Å². The van der Waals surface area contributed by atoms with Gasteiger partial charge in [-0.15, -0.1) is 13.2 Å². The van der Waals surface area contributed by atoms with Crippen molar-refractivity contribution in [1.29, 1.82) is 0 Å². The van der Waals surface area contributed by atoms with Gasteiger partial charge in [0.05, 0.1) is 6.10 Å². The summed E-state index contributed by atoms with van der Waals surface area (Å²) < 4.78 is 0. The molecule has 166 valence electrons. The van der Waals surface area contributed by atoms with Crippen LogP contribution in [-0.2, 0) is 0 Å². The molecule has 4 aliphatic carbocycles. The van der Waals surface area contributed by atoms with Crippen LogP contribution in [0.25, 0.3) is 0 Å². The third-order valence-corrected chi connectivity index (χ3v) is 10.4. The number of hydrogen-bond acceptors (Lipinski definition) is 3. The van der Waals surface area contributed by atoms with E-state index in [1.165, 1.54) is 18.4 Å². The number of aliphatic hydroxyl groups is 1. The summed E-state index contributed by atoms with van der Waals surface area (Å²) in [7, 11) is 0. The quantitative estimate of drug-likeness (QED) is 0.398. The van der Waals surface area contributed by atoms with Crippen molar-refractivity contribution in [3.63, 3.8) is 0 Å². The van der Waals surface area contributed by atoms with Crippen molar-refractivity contribution in [2.45, 2.75) is 90.7 Å². The molecule has 4 fully saturated rings. The van der Waals surface area contributed by atoms with E-state index in [-0.39, 0.29) is 28.4 Å². The van der Waals surface area contributed by atoms with Gasteiger partial charge in [-0.3, -0.25) is 0 Å². The maximum absolute atomic E-state index is 12.3. The third kappa shape index (κ3) is 2.80. The molecule has 0 spiro atoms. The summed E-state index contributed by atoms with van der Waals surface area (Å²) in [5.74, 6) is 1.90. The van der Waals surface area contributed by atoms with Gasteiger partial charge in [-0.05, 0) is 99.2 Å². The van der Waals surface area contributed by atoms with E-state index < -0.39 is 0 Å². The molecule has 0 aromatic heterocycles. The van der Waals surface area contributed by atoms with Crippen molar-refractivity contribution in [3.8, 4) is 0 Å². The molecule has 0 aliphatic heterocycles. The van der Waals surface area contributed by atoms with Gasteiger partial charge in [-0.2, -0.15) is 4.91 Å². The first-order chi connectivity index (χ1) is 14.3. The highest BCUT2D eigenvalue weighted by molar-refractivity contribution is 5.26. The summed E-state index contributed by atoms with van der Waals surface area (Å²) in [6.07, 6.45) is 15.9. The minimum atomic E-state index is -0.208. The van der Waals surface area contributed by atoms with Crippen molar-refractivity contribution >= 4 is 0 Å². The highest BCUT2D eigenvalue weighted by atomic mass is 16.3. The van der Waals surface area contributed by atoms with Crippen LogP contribution < -0.4 is 0 Å². The highest BCUT2D eigenvalue weighted by Crippen LogP contribution is 2.72. The summed E-state index contributed by atoms with van der Waals surface area (Å²) in [5.41, 5.74) is 1.31. The summed E-state index contributed by atoms with van der Waals surface area (Å²) >= 11 is 0. The number of fused-ring (bicyclic) bond motifs is 5. The molecule has 4 saturated carbocycles. The molecule has 0 saturated heterocycles. The van der Waals surface area contributed by atoms with Gasteiger partial charge >= 0.3 is 0 Å². The molecule has 0 amide bonds. The third-order valence-electron chi connectivity index (χ3n) is 10.4. The topological polar surface area (TPSA) is 49.7 Å². The maximum atomic E-state index is 12.3. The van der Waals surface area contributed by atoms with Crippen molar-refractivity contribution < 1.29 is 5.11 Å². The minimum absolute atomic E-state index is 0.0126. The van der Waals surface area contributed by atoms with Crippen molar-refractivity contribution in [3.05, 3.63) is 41.9 Å². The summed E-state index contributed by atoms with van der Waals surface area (Å²) in [5, 5.41) is 14.3. The van der Waals surface area contributed by atoms with Gasteiger partial charge in [0.15, 0.2) is 0 Å². The second kappa shape index (κ2) is 7.73. The second-order valence-electron chi connectivity index (χ2n) is 11.2. The van der Waals surface area contributed by atoms with Crippen molar-refractivity contribution in [2.75, 3.05) is 0 Å². The normalized spacial score (nSPS) is 50.7. The zero-order valence-electron chi connectivity index (χ0n) is 19.3. The Morgan fingerprint density at radius 3 is 2.53 bits per heavy atom. The predicted molar refractivity (Wildman–Crippen MR) is 124 cm³/mol. The van der Waals surface area contributed by atoms with Crippen LogP contribution in [0.1, 0.15) is 78.6 Å². The Hall–Kier alpha value is -1.22. The largest absolute Gasteiger partial charge is 0.393 e. The molecule has 0 aromatic carbocycles. The fraction of sp³-hybridized carbons (Fsp3) is 0.778. The predicted octanol–water partition coefficient (Wildman–Crippen LogP) is 6.83. The van der Waals surface area contributed by atoms with E-state index in [1.54, 1.807) is 0 Å². The van der Waals surface area contributed by atoms with Crippen LogP contribution in [0.15, 0.2) is 42.1 Å². The van der Waals surface area contributed by atoms with Gasteiger partial charge in [0.25, 0.3) is 0 Å². The van der Waals surface area contributed by atoms with E-state index >= 15 is 0 Å². The van der Waals surface area contributed by atoms with E-state index in [0.29, 0.717) is 23.7 Å². The lowest BCUT2D eigenvalue weighted by Crippen LogP contribution is -2.61. The summed E-state index contributed by atoms with van der Waals surface area (Å²) in [6, 6.07) is -0.208. The number of rotatable bonds is 5. The van der Waals surface area contributed by atoms with Crippen LogP contribution in [0, 0.1) is 44.8 Å². The lowest BCUT2D eigenvalue weighted by atomic mass is 9.39. The SMILES string of the molecule is C=C[C@]12C(N=O)CC3C(CC[C@]4(C)C[C@H](O)CC[C@]34C=C)C1CC[C@@H]2/C=C(/C)CC.